The molecular formula is C15H19ClN2O4. The van der Waals surface area contributed by atoms with Crippen LogP contribution in [0.2, 0.25) is 5.02 Å². The molecule has 1 heterocycles. The summed E-state index contributed by atoms with van der Waals surface area (Å²) in [6.45, 7) is 1.34. The molecule has 7 heteroatoms. The maximum absolute atomic E-state index is 12.3. The van der Waals surface area contributed by atoms with E-state index in [4.69, 9.17) is 22.1 Å². The molecule has 22 heavy (non-hydrogen) atoms. The number of fused-ring (bicyclic) bond motifs is 1. The summed E-state index contributed by atoms with van der Waals surface area (Å²) < 4.78 is 10.2. The number of benzene rings is 1. The summed E-state index contributed by atoms with van der Waals surface area (Å²) in [6, 6.07) is 4.58. The standard InChI is InChI=1S/C15H19ClN2O4/c1-21-15(20)12(17)3-5-14(19)18-6-7-22-13-4-2-11(16)8-10(13)9-18/h2,4,8,12H,3,5-7,9,17H2,1H3. The van der Waals surface area contributed by atoms with Crippen molar-refractivity contribution in [3.05, 3.63) is 28.8 Å². The summed E-state index contributed by atoms with van der Waals surface area (Å²) in [4.78, 5) is 25.2. The van der Waals surface area contributed by atoms with Crippen molar-refractivity contribution in [2.24, 2.45) is 5.73 Å². The van der Waals surface area contributed by atoms with Gasteiger partial charge in [-0.3, -0.25) is 9.59 Å². The molecule has 0 aliphatic carbocycles. The molecule has 0 bridgehead atoms. The fourth-order valence-corrected chi connectivity index (χ4v) is 2.48. The average molecular weight is 327 g/mol. The Labute approximate surface area is 134 Å². The van der Waals surface area contributed by atoms with Gasteiger partial charge in [0.1, 0.15) is 18.4 Å². The lowest BCUT2D eigenvalue weighted by molar-refractivity contribution is -0.142. The van der Waals surface area contributed by atoms with E-state index in [1.807, 2.05) is 0 Å². The third kappa shape index (κ3) is 4.11. The summed E-state index contributed by atoms with van der Waals surface area (Å²) in [7, 11) is 1.27. The number of esters is 1. The van der Waals surface area contributed by atoms with Crippen LogP contribution in [0.1, 0.15) is 18.4 Å². The van der Waals surface area contributed by atoms with E-state index >= 15 is 0 Å². The lowest BCUT2D eigenvalue weighted by atomic mass is 10.1. The summed E-state index contributed by atoms with van der Waals surface area (Å²) in [5, 5.41) is 0.601. The lowest BCUT2D eigenvalue weighted by Gasteiger charge is -2.20. The van der Waals surface area contributed by atoms with Crippen molar-refractivity contribution in [3.63, 3.8) is 0 Å². The molecule has 1 aliphatic rings. The Balaban J connectivity index is 1.97. The van der Waals surface area contributed by atoms with Gasteiger partial charge in [0, 0.05) is 23.6 Å². The van der Waals surface area contributed by atoms with Gasteiger partial charge in [-0.25, -0.2) is 0 Å². The number of hydrogen-bond acceptors (Lipinski definition) is 5. The SMILES string of the molecule is COC(=O)C(N)CCC(=O)N1CCOc2ccc(Cl)cc2C1. The third-order valence-corrected chi connectivity index (χ3v) is 3.76. The van der Waals surface area contributed by atoms with Crippen molar-refractivity contribution in [1.29, 1.82) is 0 Å². The monoisotopic (exact) mass is 326 g/mol. The molecule has 1 unspecified atom stereocenters. The van der Waals surface area contributed by atoms with Gasteiger partial charge in [0.25, 0.3) is 0 Å². The number of rotatable bonds is 4. The number of carbonyl (C=O) groups is 2. The highest BCUT2D eigenvalue weighted by atomic mass is 35.5. The number of nitrogens with two attached hydrogens (primary N) is 1. The number of nitrogens with zero attached hydrogens (tertiary/aromatic N) is 1. The van der Waals surface area contributed by atoms with E-state index in [2.05, 4.69) is 4.74 Å². The zero-order chi connectivity index (χ0) is 16.1. The van der Waals surface area contributed by atoms with E-state index in [0.717, 1.165) is 11.3 Å². The van der Waals surface area contributed by atoms with Crippen molar-refractivity contribution in [2.75, 3.05) is 20.3 Å². The molecule has 2 rings (SSSR count). The van der Waals surface area contributed by atoms with Crippen LogP contribution in [0.3, 0.4) is 0 Å². The van der Waals surface area contributed by atoms with Crippen molar-refractivity contribution in [2.45, 2.75) is 25.4 Å². The largest absolute Gasteiger partial charge is 0.491 e. The molecule has 6 nitrogen and oxygen atoms in total. The Hall–Kier alpha value is -1.79. The Morgan fingerprint density at radius 3 is 3.00 bits per heavy atom. The number of amides is 1. The minimum Gasteiger partial charge on any atom is -0.491 e. The maximum atomic E-state index is 12.3. The van der Waals surface area contributed by atoms with E-state index in [9.17, 15) is 9.59 Å². The molecule has 1 atom stereocenters. The highest BCUT2D eigenvalue weighted by molar-refractivity contribution is 6.30. The first-order chi connectivity index (χ1) is 10.5. The first-order valence-electron chi connectivity index (χ1n) is 7.03. The molecule has 1 aromatic rings. The predicted molar refractivity (Wildman–Crippen MR) is 81.6 cm³/mol. The van der Waals surface area contributed by atoms with Crippen LogP contribution in [0.5, 0.6) is 5.75 Å². The first kappa shape index (κ1) is 16.6. The van der Waals surface area contributed by atoms with Crippen LogP contribution < -0.4 is 10.5 Å². The van der Waals surface area contributed by atoms with E-state index in [1.54, 1.807) is 23.1 Å². The van der Waals surface area contributed by atoms with E-state index in [-0.39, 0.29) is 18.7 Å². The van der Waals surface area contributed by atoms with Crippen molar-refractivity contribution in [3.8, 4) is 5.75 Å². The Kier molecular flexibility index (Phi) is 5.63. The quantitative estimate of drug-likeness (QED) is 0.844. The summed E-state index contributed by atoms with van der Waals surface area (Å²) in [6.07, 6.45) is 0.442. The molecule has 120 valence electrons. The van der Waals surface area contributed by atoms with Crippen molar-refractivity contribution >= 4 is 23.5 Å². The van der Waals surface area contributed by atoms with Crippen LogP contribution in [0.15, 0.2) is 18.2 Å². The van der Waals surface area contributed by atoms with Gasteiger partial charge in [0.15, 0.2) is 0 Å². The van der Waals surface area contributed by atoms with Crippen molar-refractivity contribution < 1.29 is 19.1 Å². The van der Waals surface area contributed by atoms with Gasteiger partial charge in [-0.1, -0.05) is 11.6 Å². The minimum absolute atomic E-state index is 0.0734. The second-order valence-corrected chi connectivity index (χ2v) is 5.52. The fourth-order valence-electron chi connectivity index (χ4n) is 2.28. The molecule has 1 aliphatic heterocycles. The zero-order valence-electron chi connectivity index (χ0n) is 12.4. The molecule has 0 spiro atoms. The van der Waals surface area contributed by atoms with Gasteiger partial charge in [0.05, 0.1) is 13.7 Å². The number of carbonyl (C=O) groups excluding carboxylic acids is 2. The van der Waals surface area contributed by atoms with Gasteiger partial charge in [-0.2, -0.15) is 0 Å². The molecule has 0 saturated heterocycles. The third-order valence-electron chi connectivity index (χ3n) is 3.53. The second kappa shape index (κ2) is 7.47. The Morgan fingerprint density at radius 1 is 1.50 bits per heavy atom. The molecule has 0 radical (unpaired) electrons. The molecule has 0 saturated carbocycles. The van der Waals surface area contributed by atoms with Crippen LogP contribution in [0.25, 0.3) is 0 Å². The maximum Gasteiger partial charge on any atom is 0.322 e. The highest BCUT2D eigenvalue weighted by Crippen LogP contribution is 2.26. The molecular weight excluding hydrogens is 308 g/mol. The number of halogens is 1. The van der Waals surface area contributed by atoms with Crippen LogP contribution in [0.4, 0.5) is 0 Å². The van der Waals surface area contributed by atoms with Gasteiger partial charge in [-0.15, -0.1) is 0 Å². The zero-order valence-corrected chi connectivity index (χ0v) is 13.1. The second-order valence-electron chi connectivity index (χ2n) is 5.08. The number of ether oxygens (including phenoxy) is 2. The molecule has 1 amide bonds. The van der Waals surface area contributed by atoms with E-state index in [0.29, 0.717) is 24.7 Å². The van der Waals surface area contributed by atoms with E-state index < -0.39 is 12.0 Å². The highest BCUT2D eigenvalue weighted by Gasteiger charge is 2.22. The van der Waals surface area contributed by atoms with Crippen LogP contribution in [-0.2, 0) is 20.9 Å². The van der Waals surface area contributed by atoms with Gasteiger partial charge < -0.3 is 20.1 Å². The summed E-state index contributed by atoms with van der Waals surface area (Å²) >= 11 is 5.98. The molecule has 0 fully saturated rings. The van der Waals surface area contributed by atoms with Crippen molar-refractivity contribution in [1.82, 2.24) is 4.90 Å². The van der Waals surface area contributed by atoms with Crippen LogP contribution in [-0.4, -0.2) is 43.1 Å². The topological polar surface area (TPSA) is 81.9 Å². The van der Waals surface area contributed by atoms with E-state index in [1.165, 1.54) is 7.11 Å². The Bertz CT molecular complexity index is 564. The average Bonchev–Trinajstić information content (AvgIpc) is 2.73. The molecule has 2 N–H and O–H groups in total. The lowest BCUT2D eigenvalue weighted by Crippen LogP contribution is -2.36. The van der Waals surface area contributed by atoms with Gasteiger partial charge >= 0.3 is 5.97 Å². The van der Waals surface area contributed by atoms with Crippen LogP contribution in [0, 0.1) is 0 Å². The fraction of sp³-hybridized carbons (Fsp3) is 0.467. The normalized spacial score (nSPS) is 15.3. The Morgan fingerprint density at radius 2 is 2.27 bits per heavy atom. The first-order valence-corrected chi connectivity index (χ1v) is 7.41. The van der Waals surface area contributed by atoms with Gasteiger partial charge in [0.2, 0.25) is 5.91 Å². The van der Waals surface area contributed by atoms with Gasteiger partial charge in [-0.05, 0) is 24.6 Å². The minimum atomic E-state index is -0.779. The smallest absolute Gasteiger partial charge is 0.322 e. The number of methoxy groups -OCH3 is 1. The molecule has 1 aromatic carbocycles. The summed E-state index contributed by atoms with van der Waals surface area (Å²) in [5.74, 6) is 0.158. The number of hydrogen-bond donors (Lipinski definition) is 1. The summed E-state index contributed by atoms with van der Waals surface area (Å²) in [5.41, 5.74) is 6.52. The van der Waals surface area contributed by atoms with Crippen LogP contribution >= 0.6 is 11.6 Å². The molecule has 0 aromatic heterocycles. The predicted octanol–water partition coefficient (Wildman–Crippen LogP) is 1.34.